The number of nitrogens with one attached hydrogen (secondary N) is 1. The van der Waals surface area contributed by atoms with Crippen LogP contribution in [0.5, 0.6) is 5.75 Å². The van der Waals surface area contributed by atoms with E-state index in [0.717, 1.165) is 36.5 Å². The van der Waals surface area contributed by atoms with Gasteiger partial charge in [0.05, 0.1) is 12.8 Å². The SMILES string of the molecule is COc1ccccc1N1CCC(CNC(=O)C(N)c2ccccc2)C1.Cl.Cl. The summed E-state index contributed by atoms with van der Waals surface area (Å²) in [6.45, 7) is 2.51. The van der Waals surface area contributed by atoms with Gasteiger partial charge in [-0.2, -0.15) is 0 Å². The minimum Gasteiger partial charge on any atom is -0.495 e. The molecule has 1 fully saturated rings. The number of carbonyl (C=O) groups excluding carboxylic acids is 1. The van der Waals surface area contributed by atoms with Gasteiger partial charge in [-0.3, -0.25) is 4.79 Å². The zero-order chi connectivity index (χ0) is 17.6. The number of nitrogens with zero attached hydrogens (tertiary/aromatic N) is 1. The molecule has 2 aromatic carbocycles. The molecule has 5 nitrogen and oxygen atoms in total. The van der Waals surface area contributed by atoms with E-state index in [1.807, 2.05) is 48.5 Å². The maximum Gasteiger partial charge on any atom is 0.241 e. The number of rotatable bonds is 6. The summed E-state index contributed by atoms with van der Waals surface area (Å²) in [5.74, 6) is 1.18. The molecule has 2 unspecified atom stereocenters. The second kappa shape index (κ2) is 11.0. The van der Waals surface area contributed by atoms with E-state index >= 15 is 0 Å². The number of halogens is 2. The van der Waals surface area contributed by atoms with Crippen molar-refractivity contribution in [2.24, 2.45) is 11.7 Å². The Labute approximate surface area is 173 Å². The fourth-order valence-electron chi connectivity index (χ4n) is 3.28. The number of hydrogen-bond acceptors (Lipinski definition) is 4. The van der Waals surface area contributed by atoms with Gasteiger partial charge < -0.3 is 20.7 Å². The van der Waals surface area contributed by atoms with Gasteiger partial charge >= 0.3 is 0 Å². The van der Waals surface area contributed by atoms with Crippen molar-refractivity contribution in [1.29, 1.82) is 0 Å². The Hall–Kier alpha value is -1.95. The van der Waals surface area contributed by atoms with Gasteiger partial charge in [0.2, 0.25) is 5.91 Å². The van der Waals surface area contributed by atoms with Crippen LogP contribution in [-0.4, -0.2) is 32.7 Å². The molecular weight excluding hydrogens is 385 g/mol. The molecule has 2 atom stereocenters. The molecule has 1 amide bonds. The van der Waals surface area contributed by atoms with E-state index in [9.17, 15) is 4.79 Å². The van der Waals surface area contributed by atoms with Gasteiger partial charge in [-0.05, 0) is 30.0 Å². The minimum absolute atomic E-state index is 0. The van der Waals surface area contributed by atoms with Gasteiger partial charge in [-0.25, -0.2) is 0 Å². The molecule has 3 rings (SSSR count). The summed E-state index contributed by atoms with van der Waals surface area (Å²) in [5.41, 5.74) is 7.99. The van der Waals surface area contributed by atoms with Crippen molar-refractivity contribution in [2.45, 2.75) is 12.5 Å². The maximum atomic E-state index is 12.3. The highest BCUT2D eigenvalue weighted by Crippen LogP contribution is 2.31. The van der Waals surface area contributed by atoms with Gasteiger partial charge in [0, 0.05) is 19.6 Å². The minimum atomic E-state index is -0.618. The molecule has 0 aliphatic carbocycles. The standard InChI is InChI=1S/C20H25N3O2.2ClH/c1-25-18-10-6-5-9-17(18)23-12-11-15(14-23)13-22-20(24)19(21)16-7-3-2-4-8-16;;/h2-10,15,19H,11-14,21H2,1H3,(H,22,24);2*1H. The van der Waals surface area contributed by atoms with Crippen LogP contribution in [0, 0.1) is 5.92 Å². The summed E-state index contributed by atoms with van der Waals surface area (Å²) in [4.78, 5) is 14.6. The third-order valence-corrected chi connectivity index (χ3v) is 4.72. The molecule has 1 aliphatic rings. The lowest BCUT2D eigenvalue weighted by molar-refractivity contribution is -0.122. The number of carbonyl (C=O) groups is 1. The first kappa shape index (κ1) is 23.1. The lowest BCUT2D eigenvalue weighted by Gasteiger charge is -2.21. The van der Waals surface area contributed by atoms with Crippen LogP contribution in [0.4, 0.5) is 5.69 Å². The van der Waals surface area contributed by atoms with Crippen LogP contribution < -0.4 is 20.7 Å². The van der Waals surface area contributed by atoms with Crippen LogP contribution in [0.3, 0.4) is 0 Å². The number of nitrogens with two attached hydrogens (primary N) is 1. The molecular formula is C20H27Cl2N3O2. The maximum absolute atomic E-state index is 12.3. The molecule has 2 aromatic rings. The van der Waals surface area contributed by atoms with Crippen molar-refractivity contribution in [2.75, 3.05) is 31.6 Å². The number of amides is 1. The van der Waals surface area contributed by atoms with Crippen molar-refractivity contribution in [3.05, 3.63) is 60.2 Å². The predicted octanol–water partition coefficient (Wildman–Crippen LogP) is 3.18. The molecule has 1 aliphatic heterocycles. The van der Waals surface area contributed by atoms with Crippen LogP contribution >= 0.6 is 24.8 Å². The number of methoxy groups -OCH3 is 1. The highest BCUT2D eigenvalue weighted by Gasteiger charge is 2.25. The van der Waals surface area contributed by atoms with Gasteiger partial charge in [0.15, 0.2) is 0 Å². The Morgan fingerprint density at radius 3 is 2.56 bits per heavy atom. The lowest BCUT2D eigenvalue weighted by Crippen LogP contribution is -2.37. The van der Waals surface area contributed by atoms with E-state index in [1.165, 1.54) is 0 Å². The average molecular weight is 412 g/mol. The Bertz CT molecular complexity index is 715. The van der Waals surface area contributed by atoms with Crippen molar-refractivity contribution in [1.82, 2.24) is 5.32 Å². The van der Waals surface area contributed by atoms with Gasteiger partial charge in [0.25, 0.3) is 0 Å². The highest BCUT2D eigenvalue weighted by atomic mass is 35.5. The van der Waals surface area contributed by atoms with Crippen LogP contribution in [0.1, 0.15) is 18.0 Å². The van der Waals surface area contributed by atoms with Crippen molar-refractivity contribution < 1.29 is 9.53 Å². The van der Waals surface area contributed by atoms with E-state index in [2.05, 4.69) is 16.3 Å². The third-order valence-electron chi connectivity index (χ3n) is 4.72. The fraction of sp³-hybridized carbons (Fsp3) is 0.350. The average Bonchev–Trinajstić information content (AvgIpc) is 3.15. The molecule has 0 saturated carbocycles. The third kappa shape index (κ3) is 5.76. The van der Waals surface area contributed by atoms with Gasteiger partial charge in [-0.1, -0.05) is 42.5 Å². The zero-order valence-electron chi connectivity index (χ0n) is 15.3. The summed E-state index contributed by atoms with van der Waals surface area (Å²) in [5, 5.41) is 3.00. The van der Waals surface area contributed by atoms with E-state index in [4.69, 9.17) is 10.5 Å². The molecule has 1 saturated heterocycles. The van der Waals surface area contributed by atoms with Crippen molar-refractivity contribution in [3.63, 3.8) is 0 Å². The van der Waals surface area contributed by atoms with E-state index in [0.29, 0.717) is 12.5 Å². The molecule has 27 heavy (non-hydrogen) atoms. The van der Waals surface area contributed by atoms with Crippen molar-refractivity contribution >= 4 is 36.4 Å². The first-order chi connectivity index (χ1) is 12.2. The first-order valence-corrected chi connectivity index (χ1v) is 8.65. The molecule has 148 valence electrons. The summed E-state index contributed by atoms with van der Waals surface area (Å²) in [6.07, 6.45) is 1.04. The molecule has 7 heteroatoms. The Morgan fingerprint density at radius 1 is 1.19 bits per heavy atom. The smallest absolute Gasteiger partial charge is 0.241 e. The number of para-hydroxylation sites is 2. The van der Waals surface area contributed by atoms with E-state index < -0.39 is 6.04 Å². The molecule has 1 heterocycles. The quantitative estimate of drug-likeness (QED) is 0.765. The summed E-state index contributed by atoms with van der Waals surface area (Å²) in [6, 6.07) is 16.9. The summed E-state index contributed by atoms with van der Waals surface area (Å²) in [7, 11) is 1.69. The second-order valence-corrected chi connectivity index (χ2v) is 6.41. The second-order valence-electron chi connectivity index (χ2n) is 6.41. The normalized spacial score (nSPS) is 16.7. The van der Waals surface area contributed by atoms with Crippen molar-refractivity contribution in [3.8, 4) is 5.75 Å². The molecule has 3 N–H and O–H groups in total. The van der Waals surface area contributed by atoms with E-state index in [1.54, 1.807) is 7.11 Å². The number of hydrogen-bond donors (Lipinski definition) is 2. The summed E-state index contributed by atoms with van der Waals surface area (Å²) >= 11 is 0. The van der Waals surface area contributed by atoms with Crippen LogP contribution in [0.15, 0.2) is 54.6 Å². The number of ether oxygens (including phenoxy) is 1. The topological polar surface area (TPSA) is 67.6 Å². The zero-order valence-corrected chi connectivity index (χ0v) is 17.0. The van der Waals surface area contributed by atoms with Crippen LogP contribution in [0.25, 0.3) is 0 Å². The predicted molar refractivity (Wildman–Crippen MR) is 114 cm³/mol. The van der Waals surface area contributed by atoms with Gasteiger partial charge in [-0.15, -0.1) is 24.8 Å². The van der Waals surface area contributed by atoms with E-state index in [-0.39, 0.29) is 30.7 Å². The fourth-order valence-corrected chi connectivity index (χ4v) is 3.28. The Balaban J connectivity index is 0.00000182. The number of benzene rings is 2. The van der Waals surface area contributed by atoms with Crippen LogP contribution in [0.2, 0.25) is 0 Å². The highest BCUT2D eigenvalue weighted by molar-refractivity contribution is 5.85. The number of anilines is 1. The lowest BCUT2D eigenvalue weighted by atomic mass is 10.1. The first-order valence-electron chi connectivity index (χ1n) is 8.65. The Morgan fingerprint density at radius 2 is 1.85 bits per heavy atom. The Kier molecular flexibility index (Phi) is 9.43. The monoisotopic (exact) mass is 411 g/mol. The molecule has 0 bridgehead atoms. The van der Waals surface area contributed by atoms with Gasteiger partial charge in [0.1, 0.15) is 11.8 Å². The molecule has 0 radical (unpaired) electrons. The summed E-state index contributed by atoms with van der Waals surface area (Å²) < 4.78 is 5.44. The largest absolute Gasteiger partial charge is 0.495 e. The molecule has 0 aromatic heterocycles. The van der Waals surface area contributed by atoms with Crippen LogP contribution in [-0.2, 0) is 4.79 Å². The molecule has 0 spiro atoms.